The Morgan fingerprint density at radius 3 is 2.64 bits per heavy atom. The van der Waals surface area contributed by atoms with Crippen LogP contribution in [-0.4, -0.2) is 17.8 Å². The second-order valence-electron chi connectivity index (χ2n) is 4.00. The zero-order chi connectivity index (χ0) is 10.6. The first-order valence-corrected chi connectivity index (χ1v) is 5.04. The van der Waals surface area contributed by atoms with E-state index in [4.69, 9.17) is 4.42 Å². The van der Waals surface area contributed by atoms with Crippen LogP contribution < -0.4 is 5.32 Å². The predicted octanol–water partition coefficient (Wildman–Crippen LogP) is 1.95. The summed E-state index contributed by atoms with van der Waals surface area (Å²) in [7, 11) is 0. The lowest BCUT2D eigenvalue weighted by atomic mass is 10.1. The van der Waals surface area contributed by atoms with E-state index in [0.717, 1.165) is 5.56 Å². The van der Waals surface area contributed by atoms with Gasteiger partial charge in [0.05, 0.1) is 18.6 Å². The number of furan rings is 1. The Labute approximate surface area is 85.1 Å². The maximum Gasteiger partial charge on any atom is 0.0950 e. The van der Waals surface area contributed by atoms with Gasteiger partial charge < -0.3 is 14.8 Å². The van der Waals surface area contributed by atoms with E-state index in [1.165, 1.54) is 0 Å². The molecule has 2 N–H and O–H groups in total. The molecule has 0 aliphatic heterocycles. The van der Waals surface area contributed by atoms with Gasteiger partial charge in [-0.3, -0.25) is 0 Å². The van der Waals surface area contributed by atoms with E-state index >= 15 is 0 Å². The lowest BCUT2D eigenvalue weighted by molar-refractivity contribution is 0.120. The zero-order valence-electron chi connectivity index (χ0n) is 9.03. The molecule has 1 aromatic rings. The van der Waals surface area contributed by atoms with Gasteiger partial charge >= 0.3 is 0 Å². The fourth-order valence-corrected chi connectivity index (χ4v) is 1.17. The van der Waals surface area contributed by atoms with Gasteiger partial charge in [-0.2, -0.15) is 0 Å². The van der Waals surface area contributed by atoms with Gasteiger partial charge in [-0.15, -0.1) is 0 Å². The molecule has 0 radical (unpaired) electrons. The molecule has 1 rings (SSSR count). The fraction of sp³-hybridized carbons (Fsp3) is 0.636. The predicted molar refractivity (Wildman–Crippen MR) is 56.0 cm³/mol. The largest absolute Gasteiger partial charge is 0.472 e. The van der Waals surface area contributed by atoms with Crippen molar-refractivity contribution in [2.75, 3.05) is 6.54 Å². The van der Waals surface area contributed by atoms with Crippen LogP contribution >= 0.6 is 0 Å². The molecule has 0 amide bonds. The molecule has 1 heterocycles. The molecule has 14 heavy (non-hydrogen) atoms. The number of aliphatic hydroxyl groups excluding tert-OH is 1. The molecule has 0 aliphatic rings. The minimum Gasteiger partial charge on any atom is -0.472 e. The van der Waals surface area contributed by atoms with Crippen molar-refractivity contribution >= 4 is 0 Å². The Morgan fingerprint density at radius 2 is 2.14 bits per heavy atom. The second kappa shape index (κ2) is 5.17. The van der Waals surface area contributed by atoms with Gasteiger partial charge in [-0.05, 0) is 18.9 Å². The summed E-state index contributed by atoms with van der Waals surface area (Å²) in [6.45, 7) is 6.69. The standard InChI is InChI=1S/C11H19NO2/c1-8(2)11(13)6-12-9(3)10-4-5-14-7-10/h4-5,7-9,11-13H,6H2,1-3H3. The SMILES string of the molecule is CC(NCC(O)C(C)C)c1ccoc1. The van der Waals surface area contributed by atoms with Crippen LogP contribution in [0.4, 0.5) is 0 Å². The van der Waals surface area contributed by atoms with Crippen LogP contribution in [0.3, 0.4) is 0 Å². The average molecular weight is 197 g/mol. The number of rotatable bonds is 5. The molecular weight excluding hydrogens is 178 g/mol. The van der Waals surface area contributed by atoms with Crippen molar-refractivity contribution in [2.45, 2.75) is 32.9 Å². The summed E-state index contributed by atoms with van der Waals surface area (Å²) in [6.07, 6.45) is 3.09. The molecular formula is C11H19NO2. The van der Waals surface area contributed by atoms with E-state index in [9.17, 15) is 5.11 Å². The molecule has 2 atom stereocenters. The first-order chi connectivity index (χ1) is 6.61. The highest BCUT2D eigenvalue weighted by Gasteiger charge is 2.11. The van der Waals surface area contributed by atoms with Gasteiger partial charge in [0.15, 0.2) is 0 Å². The molecule has 0 bridgehead atoms. The van der Waals surface area contributed by atoms with E-state index in [2.05, 4.69) is 12.2 Å². The van der Waals surface area contributed by atoms with Crippen LogP contribution in [0.5, 0.6) is 0 Å². The lowest BCUT2D eigenvalue weighted by Crippen LogP contribution is -2.32. The Kier molecular flexibility index (Phi) is 4.17. The van der Waals surface area contributed by atoms with Crippen LogP contribution in [0.25, 0.3) is 0 Å². The smallest absolute Gasteiger partial charge is 0.0950 e. The van der Waals surface area contributed by atoms with Crippen molar-refractivity contribution in [2.24, 2.45) is 5.92 Å². The molecule has 3 nitrogen and oxygen atoms in total. The van der Waals surface area contributed by atoms with Crippen molar-refractivity contribution in [1.29, 1.82) is 0 Å². The number of aliphatic hydroxyl groups is 1. The maximum absolute atomic E-state index is 9.59. The van der Waals surface area contributed by atoms with Crippen molar-refractivity contribution < 1.29 is 9.52 Å². The molecule has 0 saturated carbocycles. The van der Waals surface area contributed by atoms with Gasteiger partial charge in [-0.1, -0.05) is 13.8 Å². The summed E-state index contributed by atoms with van der Waals surface area (Å²) in [4.78, 5) is 0. The third kappa shape index (κ3) is 3.16. The molecule has 0 aliphatic carbocycles. The van der Waals surface area contributed by atoms with Crippen LogP contribution in [-0.2, 0) is 0 Å². The molecule has 3 heteroatoms. The molecule has 2 unspecified atom stereocenters. The zero-order valence-corrected chi connectivity index (χ0v) is 9.03. The number of hydrogen-bond donors (Lipinski definition) is 2. The normalized spacial score (nSPS) is 15.8. The van der Waals surface area contributed by atoms with E-state index < -0.39 is 0 Å². The third-order valence-corrected chi connectivity index (χ3v) is 2.45. The summed E-state index contributed by atoms with van der Waals surface area (Å²) < 4.78 is 4.99. The Morgan fingerprint density at radius 1 is 1.43 bits per heavy atom. The van der Waals surface area contributed by atoms with Gasteiger partial charge in [0.2, 0.25) is 0 Å². The van der Waals surface area contributed by atoms with Crippen molar-refractivity contribution in [3.63, 3.8) is 0 Å². The molecule has 0 spiro atoms. The summed E-state index contributed by atoms with van der Waals surface area (Å²) in [5, 5.41) is 12.8. The molecule has 80 valence electrons. The Bertz CT molecular complexity index is 244. The van der Waals surface area contributed by atoms with Gasteiger partial charge in [0.1, 0.15) is 0 Å². The minimum atomic E-state index is -0.288. The lowest BCUT2D eigenvalue weighted by Gasteiger charge is -2.18. The maximum atomic E-state index is 9.59. The molecule has 1 aromatic heterocycles. The first kappa shape index (κ1) is 11.3. The van der Waals surface area contributed by atoms with Crippen LogP contribution in [0.15, 0.2) is 23.0 Å². The third-order valence-electron chi connectivity index (χ3n) is 2.45. The number of hydrogen-bond acceptors (Lipinski definition) is 3. The van der Waals surface area contributed by atoms with Gasteiger partial charge in [-0.25, -0.2) is 0 Å². The van der Waals surface area contributed by atoms with Crippen molar-refractivity contribution in [3.8, 4) is 0 Å². The van der Waals surface area contributed by atoms with Crippen molar-refractivity contribution in [3.05, 3.63) is 24.2 Å². The average Bonchev–Trinajstić information content (AvgIpc) is 2.66. The first-order valence-electron chi connectivity index (χ1n) is 5.04. The molecule has 0 saturated heterocycles. The van der Waals surface area contributed by atoms with E-state index in [-0.39, 0.29) is 12.1 Å². The van der Waals surface area contributed by atoms with Crippen LogP contribution in [0.1, 0.15) is 32.4 Å². The highest BCUT2D eigenvalue weighted by molar-refractivity contribution is 5.10. The quantitative estimate of drug-likeness (QED) is 0.758. The van der Waals surface area contributed by atoms with Crippen LogP contribution in [0.2, 0.25) is 0 Å². The minimum absolute atomic E-state index is 0.224. The summed E-state index contributed by atoms with van der Waals surface area (Å²) in [6, 6.07) is 2.15. The molecule has 0 aromatic carbocycles. The summed E-state index contributed by atoms with van der Waals surface area (Å²) >= 11 is 0. The monoisotopic (exact) mass is 197 g/mol. The highest BCUT2D eigenvalue weighted by Crippen LogP contribution is 2.12. The number of nitrogens with one attached hydrogen (secondary N) is 1. The second-order valence-corrected chi connectivity index (χ2v) is 4.00. The highest BCUT2D eigenvalue weighted by atomic mass is 16.3. The van der Waals surface area contributed by atoms with E-state index in [1.54, 1.807) is 12.5 Å². The van der Waals surface area contributed by atoms with Gasteiger partial charge in [0, 0.05) is 18.2 Å². The fourth-order valence-electron chi connectivity index (χ4n) is 1.17. The van der Waals surface area contributed by atoms with E-state index in [1.807, 2.05) is 19.9 Å². The summed E-state index contributed by atoms with van der Waals surface area (Å²) in [5.41, 5.74) is 1.11. The van der Waals surface area contributed by atoms with Crippen molar-refractivity contribution in [1.82, 2.24) is 5.32 Å². The van der Waals surface area contributed by atoms with Crippen LogP contribution in [0, 0.1) is 5.92 Å². The summed E-state index contributed by atoms with van der Waals surface area (Å²) in [5.74, 6) is 0.291. The Balaban J connectivity index is 2.32. The topological polar surface area (TPSA) is 45.4 Å². The Hall–Kier alpha value is -0.800. The van der Waals surface area contributed by atoms with Gasteiger partial charge in [0.25, 0.3) is 0 Å². The van der Waals surface area contributed by atoms with E-state index in [0.29, 0.717) is 12.5 Å². The molecule has 0 fully saturated rings.